The van der Waals surface area contributed by atoms with Crippen molar-refractivity contribution in [1.29, 1.82) is 0 Å². The van der Waals surface area contributed by atoms with Crippen LogP contribution in [0.3, 0.4) is 0 Å². The summed E-state index contributed by atoms with van der Waals surface area (Å²) in [4.78, 5) is 0. The van der Waals surface area contributed by atoms with Crippen molar-refractivity contribution in [3.63, 3.8) is 0 Å². The Hall–Kier alpha value is -7.76. The molecule has 3 heterocycles. The van der Waals surface area contributed by atoms with Crippen LogP contribution in [0.15, 0.2) is 243 Å². The SMILES string of the molecule is c1ccc([Si](c2ccccc2)(c2ccccc2)c2cccc(-n3c4ccccc4c4cc(-n5c6ccccc6c6ccc(-c7ccc8c(c7)sc7ccccc78)cc65)ccc43)c2)cc1. The van der Waals surface area contributed by atoms with Crippen LogP contribution < -0.4 is 20.7 Å². The smallest absolute Gasteiger partial charge is 0.179 e. The van der Waals surface area contributed by atoms with Crippen LogP contribution in [0, 0.1) is 0 Å². The number of aromatic nitrogens is 2. The number of para-hydroxylation sites is 2. The molecular formula is C60H40N2SSi. The average molecular weight is 849 g/mol. The van der Waals surface area contributed by atoms with Gasteiger partial charge in [-0.15, -0.1) is 11.3 Å². The van der Waals surface area contributed by atoms with E-state index >= 15 is 0 Å². The lowest BCUT2D eigenvalue weighted by atomic mass is 10.0. The van der Waals surface area contributed by atoms with Gasteiger partial charge in [0.15, 0.2) is 8.07 Å². The summed E-state index contributed by atoms with van der Waals surface area (Å²) in [5.41, 5.74) is 9.55. The minimum absolute atomic E-state index is 1.15. The van der Waals surface area contributed by atoms with Gasteiger partial charge >= 0.3 is 0 Å². The lowest BCUT2D eigenvalue weighted by Gasteiger charge is -2.34. The van der Waals surface area contributed by atoms with Gasteiger partial charge in [0.05, 0.1) is 22.1 Å². The maximum absolute atomic E-state index is 2.74. The first-order chi connectivity index (χ1) is 31.7. The van der Waals surface area contributed by atoms with Crippen molar-refractivity contribution in [1.82, 2.24) is 9.13 Å². The van der Waals surface area contributed by atoms with E-state index in [1.807, 2.05) is 11.3 Å². The monoisotopic (exact) mass is 848 g/mol. The zero-order valence-electron chi connectivity index (χ0n) is 34.9. The van der Waals surface area contributed by atoms with E-state index in [-0.39, 0.29) is 0 Å². The Morgan fingerprint density at radius 2 is 0.734 bits per heavy atom. The maximum Gasteiger partial charge on any atom is 0.179 e. The highest BCUT2D eigenvalue weighted by Crippen LogP contribution is 2.40. The normalized spacial score (nSPS) is 12.1. The molecule has 10 aromatic carbocycles. The van der Waals surface area contributed by atoms with Crippen molar-refractivity contribution < 1.29 is 0 Å². The highest BCUT2D eigenvalue weighted by atomic mass is 32.1. The topological polar surface area (TPSA) is 9.86 Å². The molecule has 0 spiro atoms. The Balaban J connectivity index is 1.00. The largest absolute Gasteiger partial charge is 0.309 e. The number of nitrogens with zero attached hydrogens (tertiary/aromatic N) is 2. The highest BCUT2D eigenvalue weighted by Gasteiger charge is 2.41. The van der Waals surface area contributed by atoms with Crippen LogP contribution in [-0.4, -0.2) is 17.2 Å². The Morgan fingerprint density at radius 3 is 1.41 bits per heavy atom. The first-order valence-corrected chi connectivity index (χ1v) is 24.8. The van der Waals surface area contributed by atoms with Crippen LogP contribution in [0.2, 0.25) is 0 Å². The van der Waals surface area contributed by atoms with E-state index in [4.69, 9.17) is 0 Å². The Morgan fingerprint density at radius 1 is 0.266 bits per heavy atom. The second-order valence-electron chi connectivity index (χ2n) is 16.8. The van der Waals surface area contributed by atoms with Gasteiger partial charge in [-0.3, -0.25) is 0 Å². The van der Waals surface area contributed by atoms with Crippen molar-refractivity contribution in [3.05, 3.63) is 243 Å². The molecule has 0 fully saturated rings. The molecule has 0 aliphatic rings. The van der Waals surface area contributed by atoms with Crippen molar-refractivity contribution in [2.45, 2.75) is 0 Å². The molecule has 0 unspecified atom stereocenters. The van der Waals surface area contributed by atoms with Gasteiger partial charge in [0.25, 0.3) is 0 Å². The minimum Gasteiger partial charge on any atom is -0.309 e. The van der Waals surface area contributed by atoms with E-state index in [0.717, 1.165) is 11.4 Å². The van der Waals surface area contributed by atoms with Gasteiger partial charge in [-0.05, 0) is 92.5 Å². The highest BCUT2D eigenvalue weighted by molar-refractivity contribution is 7.25. The summed E-state index contributed by atoms with van der Waals surface area (Å²) < 4.78 is 7.60. The molecule has 0 saturated heterocycles. The van der Waals surface area contributed by atoms with Crippen molar-refractivity contribution in [2.24, 2.45) is 0 Å². The number of rotatable bonds is 7. The number of hydrogen-bond donors (Lipinski definition) is 0. The lowest BCUT2D eigenvalue weighted by Crippen LogP contribution is -2.74. The first kappa shape index (κ1) is 36.9. The summed E-state index contributed by atoms with van der Waals surface area (Å²) in [7, 11) is -2.74. The van der Waals surface area contributed by atoms with Crippen LogP contribution in [0.25, 0.3) is 86.3 Å². The Bertz CT molecular complexity index is 3800. The quantitative estimate of drug-likeness (QED) is 0.112. The van der Waals surface area contributed by atoms with Crippen LogP contribution in [-0.2, 0) is 0 Å². The fraction of sp³-hybridized carbons (Fsp3) is 0. The molecule has 0 saturated carbocycles. The zero-order chi connectivity index (χ0) is 42.2. The number of thiophene rings is 1. The van der Waals surface area contributed by atoms with Crippen LogP contribution in [0.4, 0.5) is 0 Å². The van der Waals surface area contributed by atoms with E-state index in [9.17, 15) is 0 Å². The van der Waals surface area contributed by atoms with Crippen molar-refractivity contribution in [3.8, 4) is 22.5 Å². The summed E-state index contributed by atoms with van der Waals surface area (Å²) in [6.07, 6.45) is 0. The van der Waals surface area contributed by atoms with E-state index in [1.54, 1.807) is 0 Å². The van der Waals surface area contributed by atoms with Gasteiger partial charge in [0, 0.05) is 53.1 Å². The lowest BCUT2D eigenvalue weighted by molar-refractivity contribution is 1.17. The van der Waals surface area contributed by atoms with E-state index in [1.165, 1.54) is 95.7 Å². The zero-order valence-corrected chi connectivity index (χ0v) is 36.7. The molecule has 0 amide bonds. The second kappa shape index (κ2) is 14.7. The molecule has 0 N–H and O–H groups in total. The van der Waals surface area contributed by atoms with E-state index < -0.39 is 8.07 Å². The number of fused-ring (bicyclic) bond motifs is 9. The van der Waals surface area contributed by atoms with Crippen LogP contribution in [0.5, 0.6) is 0 Å². The number of benzene rings is 10. The molecular weight excluding hydrogens is 809 g/mol. The standard InChI is InChI=1S/C60H40N2SSi/c1-4-18-45(19-5-1)64(46-20-6-2-7-21-46,47-22-8-3-9-23-47)48-24-16-17-43(39-48)61-56-29-14-11-26-50(56)54-40-44(33-36-57(54)61)62-55-28-13-10-25-49(55)51-34-31-41(37-58(51)62)42-32-35-53-52-27-12-15-30-59(52)63-60(53)38-42/h1-40H. The fourth-order valence-electron chi connectivity index (χ4n) is 10.7. The summed E-state index contributed by atoms with van der Waals surface area (Å²) in [5, 5.41) is 13.1. The third kappa shape index (κ3) is 5.56. The summed E-state index contributed by atoms with van der Waals surface area (Å²) >= 11 is 1.87. The third-order valence-corrected chi connectivity index (χ3v) is 19.4. The van der Waals surface area contributed by atoms with Gasteiger partial charge in [0.1, 0.15) is 0 Å². The van der Waals surface area contributed by atoms with E-state index in [2.05, 4.69) is 252 Å². The van der Waals surface area contributed by atoms with E-state index in [0.29, 0.717) is 0 Å². The van der Waals surface area contributed by atoms with Crippen molar-refractivity contribution in [2.75, 3.05) is 0 Å². The molecule has 64 heavy (non-hydrogen) atoms. The van der Waals surface area contributed by atoms with Crippen LogP contribution in [0.1, 0.15) is 0 Å². The van der Waals surface area contributed by atoms with Gasteiger partial charge in [-0.25, -0.2) is 0 Å². The molecule has 300 valence electrons. The molecule has 0 atom stereocenters. The summed E-state index contributed by atoms with van der Waals surface area (Å²) in [6, 6.07) is 90.5. The maximum atomic E-state index is 2.48. The predicted molar refractivity (Wildman–Crippen MR) is 277 cm³/mol. The summed E-state index contributed by atoms with van der Waals surface area (Å²) in [5.74, 6) is 0. The Labute approximate surface area is 376 Å². The molecule has 4 heteroatoms. The molecule has 0 aliphatic carbocycles. The molecule has 0 bridgehead atoms. The minimum atomic E-state index is -2.74. The molecule has 13 aromatic rings. The molecule has 3 aromatic heterocycles. The van der Waals surface area contributed by atoms with Gasteiger partial charge in [-0.2, -0.15) is 0 Å². The first-order valence-electron chi connectivity index (χ1n) is 22.0. The predicted octanol–water partition coefficient (Wildman–Crippen LogP) is 13.3. The Kier molecular flexibility index (Phi) is 8.45. The second-order valence-corrected chi connectivity index (χ2v) is 21.7. The fourth-order valence-corrected chi connectivity index (χ4v) is 16.6. The number of hydrogen-bond acceptors (Lipinski definition) is 1. The summed E-state index contributed by atoms with van der Waals surface area (Å²) in [6.45, 7) is 0. The van der Waals surface area contributed by atoms with Crippen molar-refractivity contribution >= 4 is 104 Å². The molecule has 2 nitrogen and oxygen atoms in total. The van der Waals surface area contributed by atoms with Gasteiger partial charge < -0.3 is 9.13 Å². The van der Waals surface area contributed by atoms with Crippen LogP contribution >= 0.6 is 11.3 Å². The van der Waals surface area contributed by atoms with Gasteiger partial charge in [-0.1, -0.05) is 182 Å². The molecule has 0 radical (unpaired) electrons. The molecule has 0 aliphatic heterocycles. The molecule has 13 rings (SSSR count). The van der Waals surface area contributed by atoms with Gasteiger partial charge in [0.2, 0.25) is 0 Å². The third-order valence-electron chi connectivity index (χ3n) is 13.5. The average Bonchev–Trinajstić information content (AvgIpc) is 4.02.